The summed E-state index contributed by atoms with van der Waals surface area (Å²) in [4.78, 5) is 23.1. The number of nitrogens with one attached hydrogen (secondary N) is 1. The van der Waals surface area contributed by atoms with Crippen molar-refractivity contribution in [3.8, 4) is 0 Å². The molecule has 0 aliphatic carbocycles. The average Bonchev–Trinajstić information content (AvgIpc) is 2.66. The van der Waals surface area contributed by atoms with Crippen molar-refractivity contribution < 1.29 is 23.8 Å². The van der Waals surface area contributed by atoms with Crippen LogP contribution in [0.4, 0.5) is 4.79 Å². The number of alkyl carbamates (subject to hydrolysis) is 1. The zero-order valence-electron chi connectivity index (χ0n) is 12.3. The molecule has 1 rings (SSSR count). The topological polar surface area (TPSA) is 73.9 Å². The highest BCUT2D eigenvalue weighted by Crippen LogP contribution is 2.26. The Bertz CT molecular complexity index is 355. The van der Waals surface area contributed by atoms with Crippen LogP contribution in [0, 0.1) is 5.92 Å². The van der Waals surface area contributed by atoms with Crippen molar-refractivity contribution in [2.75, 3.05) is 12.6 Å². The maximum atomic E-state index is 11.6. The number of hydrogen-bond donors (Lipinski definition) is 1. The van der Waals surface area contributed by atoms with E-state index in [1.165, 1.54) is 0 Å². The van der Waals surface area contributed by atoms with Crippen molar-refractivity contribution in [2.24, 2.45) is 5.92 Å². The minimum atomic E-state index is -0.626. The Morgan fingerprint density at radius 3 is 2.60 bits per heavy atom. The van der Waals surface area contributed by atoms with Crippen molar-refractivity contribution in [1.82, 2.24) is 5.32 Å². The fourth-order valence-electron chi connectivity index (χ4n) is 2.00. The van der Waals surface area contributed by atoms with Crippen LogP contribution >= 0.6 is 11.6 Å². The fourth-order valence-corrected chi connectivity index (χ4v) is 2.11. The van der Waals surface area contributed by atoms with Crippen LogP contribution in [-0.4, -0.2) is 42.5 Å². The highest BCUT2D eigenvalue weighted by Gasteiger charge is 2.38. The van der Waals surface area contributed by atoms with Crippen LogP contribution in [0.25, 0.3) is 0 Å². The lowest BCUT2D eigenvalue weighted by atomic mass is 10.0. The first kappa shape index (κ1) is 17.0. The molecule has 0 saturated carbocycles. The molecule has 0 aromatic rings. The van der Waals surface area contributed by atoms with Crippen molar-refractivity contribution in [3.05, 3.63) is 0 Å². The van der Waals surface area contributed by atoms with Crippen LogP contribution in [0.5, 0.6) is 0 Å². The summed E-state index contributed by atoms with van der Waals surface area (Å²) < 4.78 is 15.4. The maximum Gasteiger partial charge on any atom is 0.407 e. The van der Waals surface area contributed by atoms with E-state index in [0.29, 0.717) is 13.0 Å². The summed E-state index contributed by atoms with van der Waals surface area (Å²) in [7, 11) is 0. The molecule has 1 amide bonds. The summed E-state index contributed by atoms with van der Waals surface area (Å²) >= 11 is 5.35. The predicted molar refractivity (Wildman–Crippen MR) is 73.5 cm³/mol. The van der Waals surface area contributed by atoms with E-state index in [1.807, 2.05) is 6.92 Å². The summed E-state index contributed by atoms with van der Waals surface area (Å²) in [5.74, 6) is -0.441. The molecule has 0 spiro atoms. The molecule has 0 aromatic carbocycles. The third kappa shape index (κ3) is 5.54. The van der Waals surface area contributed by atoms with Gasteiger partial charge in [-0.1, -0.05) is 18.5 Å². The standard InChI is InChI=1S/C13H22ClNO5/c1-8-5-9(19-10(8)11(16)18-7-14)6-15-12(17)20-13(2,3)4/h8-10H,5-7H2,1-4H3,(H,15,17). The van der Waals surface area contributed by atoms with Crippen LogP contribution in [0.1, 0.15) is 34.1 Å². The molecule has 1 fully saturated rings. The van der Waals surface area contributed by atoms with Gasteiger partial charge in [0.05, 0.1) is 6.10 Å². The van der Waals surface area contributed by atoms with E-state index in [0.717, 1.165) is 0 Å². The molecule has 1 heterocycles. The second-order valence-electron chi connectivity index (χ2n) is 5.85. The van der Waals surface area contributed by atoms with Crippen molar-refractivity contribution in [1.29, 1.82) is 0 Å². The van der Waals surface area contributed by atoms with Crippen LogP contribution in [-0.2, 0) is 19.0 Å². The SMILES string of the molecule is CC1CC(CNC(=O)OC(C)(C)C)OC1C(=O)OCCl. The van der Waals surface area contributed by atoms with Crippen LogP contribution in [0.2, 0.25) is 0 Å². The molecular formula is C13H22ClNO5. The molecule has 116 valence electrons. The quantitative estimate of drug-likeness (QED) is 0.635. The molecule has 7 heteroatoms. The number of hydrogen-bond acceptors (Lipinski definition) is 5. The van der Waals surface area contributed by atoms with Gasteiger partial charge >= 0.3 is 12.1 Å². The summed E-state index contributed by atoms with van der Waals surface area (Å²) in [6.07, 6.45) is -0.692. The first-order valence-electron chi connectivity index (χ1n) is 6.58. The molecule has 6 nitrogen and oxygen atoms in total. The number of amides is 1. The Balaban J connectivity index is 2.37. The van der Waals surface area contributed by atoms with Gasteiger partial charge in [-0.25, -0.2) is 9.59 Å². The highest BCUT2D eigenvalue weighted by molar-refractivity contribution is 6.17. The molecule has 1 N–H and O–H groups in total. The number of halogens is 1. The van der Waals surface area contributed by atoms with Gasteiger partial charge in [-0.05, 0) is 33.1 Å². The van der Waals surface area contributed by atoms with Crippen molar-refractivity contribution in [3.63, 3.8) is 0 Å². The Hall–Kier alpha value is -1.01. The van der Waals surface area contributed by atoms with Gasteiger partial charge in [0.25, 0.3) is 0 Å². The smallest absolute Gasteiger partial charge is 0.407 e. The molecule has 1 saturated heterocycles. The molecule has 0 radical (unpaired) electrons. The fraction of sp³-hybridized carbons (Fsp3) is 0.846. The van der Waals surface area contributed by atoms with E-state index in [1.54, 1.807) is 20.8 Å². The average molecular weight is 308 g/mol. The van der Waals surface area contributed by atoms with Crippen molar-refractivity contribution >= 4 is 23.7 Å². The number of carbonyl (C=O) groups is 2. The van der Waals surface area contributed by atoms with E-state index in [4.69, 9.17) is 25.8 Å². The largest absolute Gasteiger partial charge is 0.447 e. The van der Waals surface area contributed by atoms with Gasteiger partial charge in [0.2, 0.25) is 0 Å². The summed E-state index contributed by atoms with van der Waals surface area (Å²) in [5, 5.41) is 2.63. The van der Waals surface area contributed by atoms with Crippen molar-refractivity contribution in [2.45, 2.75) is 51.9 Å². The first-order chi connectivity index (χ1) is 9.23. The van der Waals surface area contributed by atoms with E-state index >= 15 is 0 Å². The highest BCUT2D eigenvalue weighted by atomic mass is 35.5. The molecule has 20 heavy (non-hydrogen) atoms. The van der Waals surface area contributed by atoms with Gasteiger partial charge in [0.15, 0.2) is 12.2 Å². The number of carbonyl (C=O) groups excluding carboxylic acids is 2. The number of esters is 1. The van der Waals surface area contributed by atoms with Crippen LogP contribution < -0.4 is 5.32 Å². The van der Waals surface area contributed by atoms with E-state index in [2.05, 4.69) is 5.32 Å². The zero-order valence-corrected chi connectivity index (χ0v) is 13.0. The zero-order chi connectivity index (χ0) is 15.3. The van der Waals surface area contributed by atoms with E-state index in [9.17, 15) is 9.59 Å². The molecule has 1 aliphatic heterocycles. The Kier molecular flexibility index (Phi) is 6.07. The lowest BCUT2D eigenvalue weighted by molar-refractivity contribution is -0.155. The van der Waals surface area contributed by atoms with Gasteiger partial charge in [-0.15, -0.1) is 0 Å². The second kappa shape index (κ2) is 7.13. The molecule has 3 unspecified atom stereocenters. The van der Waals surface area contributed by atoms with Gasteiger partial charge in [0, 0.05) is 6.54 Å². The first-order valence-corrected chi connectivity index (χ1v) is 7.11. The van der Waals surface area contributed by atoms with E-state index in [-0.39, 0.29) is 18.1 Å². The molecule has 3 atom stereocenters. The molecule has 0 aromatic heterocycles. The van der Waals surface area contributed by atoms with Crippen LogP contribution in [0.15, 0.2) is 0 Å². The lowest BCUT2D eigenvalue weighted by Crippen LogP contribution is -2.37. The van der Waals surface area contributed by atoms with E-state index < -0.39 is 23.8 Å². The Labute approximate surface area is 124 Å². The summed E-state index contributed by atoms with van der Waals surface area (Å²) in [6, 6.07) is -0.188. The number of rotatable bonds is 4. The van der Waals surface area contributed by atoms with Crippen LogP contribution in [0.3, 0.4) is 0 Å². The Morgan fingerprint density at radius 2 is 2.05 bits per heavy atom. The van der Waals surface area contributed by atoms with Gasteiger partial charge in [0.1, 0.15) is 5.60 Å². The minimum Gasteiger partial charge on any atom is -0.447 e. The maximum absolute atomic E-state index is 11.6. The Morgan fingerprint density at radius 1 is 1.40 bits per heavy atom. The monoisotopic (exact) mass is 307 g/mol. The number of ether oxygens (including phenoxy) is 3. The predicted octanol–water partition coefficient (Wildman–Crippen LogP) is 2.04. The van der Waals surface area contributed by atoms with Gasteiger partial charge < -0.3 is 19.5 Å². The molecule has 0 bridgehead atoms. The molecule has 1 aliphatic rings. The summed E-state index contributed by atoms with van der Waals surface area (Å²) in [6.45, 7) is 7.56. The number of alkyl halides is 1. The molecular weight excluding hydrogens is 286 g/mol. The third-order valence-corrected chi connectivity index (χ3v) is 2.90. The summed E-state index contributed by atoms with van der Waals surface area (Å²) in [5.41, 5.74) is -0.541. The lowest BCUT2D eigenvalue weighted by Gasteiger charge is -2.20. The van der Waals surface area contributed by atoms with Gasteiger partial charge in [-0.3, -0.25) is 0 Å². The third-order valence-electron chi connectivity index (χ3n) is 2.79. The minimum absolute atomic E-state index is 0.0242. The van der Waals surface area contributed by atoms with Gasteiger partial charge in [-0.2, -0.15) is 0 Å². The normalized spacial score (nSPS) is 26.1. The second-order valence-corrected chi connectivity index (χ2v) is 6.07.